The average Bonchev–Trinajstić information content (AvgIpc) is 2.51. The first-order valence-electron chi connectivity index (χ1n) is 6.52. The van der Waals surface area contributed by atoms with Crippen LogP contribution in [0.2, 0.25) is 0 Å². The summed E-state index contributed by atoms with van der Waals surface area (Å²) in [6, 6.07) is 2.27. The van der Waals surface area contributed by atoms with Crippen LogP contribution in [0.4, 0.5) is 0 Å². The Labute approximate surface area is 98.2 Å². The van der Waals surface area contributed by atoms with Gasteiger partial charge in [0.05, 0.1) is 5.69 Å². The van der Waals surface area contributed by atoms with Crippen LogP contribution in [-0.2, 0) is 19.9 Å². The molecule has 0 aromatic carbocycles. The van der Waals surface area contributed by atoms with Crippen LogP contribution in [0.25, 0.3) is 0 Å². The van der Waals surface area contributed by atoms with Gasteiger partial charge in [0.1, 0.15) is 0 Å². The Hall–Kier alpha value is -0.830. The Bertz CT molecular complexity index is 322. The molecular formula is C13H23N3. The third-order valence-corrected chi connectivity index (χ3v) is 3.54. The molecule has 1 aromatic rings. The van der Waals surface area contributed by atoms with Crippen molar-refractivity contribution in [1.82, 2.24) is 15.1 Å². The van der Waals surface area contributed by atoms with Gasteiger partial charge in [0.25, 0.3) is 0 Å². The van der Waals surface area contributed by atoms with Gasteiger partial charge in [-0.1, -0.05) is 13.3 Å². The molecule has 90 valence electrons. The van der Waals surface area contributed by atoms with Crippen molar-refractivity contribution in [1.29, 1.82) is 0 Å². The number of rotatable bonds is 3. The first-order valence-corrected chi connectivity index (χ1v) is 6.52. The molecule has 1 unspecified atom stereocenters. The van der Waals surface area contributed by atoms with Gasteiger partial charge in [0.15, 0.2) is 0 Å². The maximum absolute atomic E-state index is 4.51. The van der Waals surface area contributed by atoms with Crippen molar-refractivity contribution in [3.8, 4) is 0 Å². The van der Waals surface area contributed by atoms with E-state index in [1.807, 2.05) is 0 Å². The fraction of sp³-hybridized carbons (Fsp3) is 0.769. The van der Waals surface area contributed by atoms with E-state index in [9.17, 15) is 0 Å². The minimum absolute atomic E-state index is 0.794. The van der Waals surface area contributed by atoms with Crippen LogP contribution < -0.4 is 5.32 Å². The molecular weight excluding hydrogens is 198 g/mol. The van der Waals surface area contributed by atoms with Gasteiger partial charge in [0.2, 0.25) is 0 Å². The first kappa shape index (κ1) is 11.6. The lowest BCUT2D eigenvalue weighted by Crippen LogP contribution is -2.22. The van der Waals surface area contributed by atoms with E-state index in [1.54, 1.807) is 0 Å². The van der Waals surface area contributed by atoms with Crippen LogP contribution in [0.15, 0.2) is 6.07 Å². The second-order valence-corrected chi connectivity index (χ2v) is 4.87. The summed E-state index contributed by atoms with van der Waals surface area (Å²) < 4.78 is 2.06. The van der Waals surface area contributed by atoms with Crippen molar-refractivity contribution in [3.05, 3.63) is 17.5 Å². The Balaban J connectivity index is 1.98. The highest BCUT2D eigenvalue weighted by Crippen LogP contribution is 2.17. The molecule has 1 fully saturated rings. The van der Waals surface area contributed by atoms with E-state index in [1.165, 1.54) is 50.2 Å². The molecule has 0 amide bonds. The standard InChI is InChI=1S/C13H23N3/c1-3-12-9-13(16(2)15-12)8-11-6-4-5-7-14-10-11/h9,11,14H,3-8,10H2,1-2H3. The molecule has 0 aliphatic carbocycles. The average molecular weight is 221 g/mol. The summed E-state index contributed by atoms with van der Waals surface area (Å²) in [5.41, 5.74) is 2.62. The Morgan fingerprint density at radius 3 is 3.12 bits per heavy atom. The summed E-state index contributed by atoms with van der Waals surface area (Å²) in [5, 5.41) is 8.04. The van der Waals surface area contributed by atoms with Crippen LogP contribution in [0.5, 0.6) is 0 Å². The van der Waals surface area contributed by atoms with Crippen molar-refractivity contribution in [2.75, 3.05) is 13.1 Å². The van der Waals surface area contributed by atoms with Gasteiger partial charge >= 0.3 is 0 Å². The van der Waals surface area contributed by atoms with Crippen LogP contribution in [0.1, 0.15) is 37.6 Å². The molecule has 1 aliphatic heterocycles. The number of aromatic nitrogens is 2. The topological polar surface area (TPSA) is 29.9 Å². The molecule has 2 heterocycles. The van der Waals surface area contributed by atoms with Gasteiger partial charge in [-0.2, -0.15) is 5.10 Å². The van der Waals surface area contributed by atoms with Crippen molar-refractivity contribution in [2.45, 2.75) is 39.0 Å². The molecule has 0 radical (unpaired) electrons. The predicted molar refractivity (Wildman–Crippen MR) is 66.5 cm³/mol. The summed E-state index contributed by atoms with van der Waals surface area (Å²) in [6.07, 6.45) is 6.28. The lowest BCUT2D eigenvalue weighted by Gasteiger charge is -2.13. The van der Waals surface area contributed by atoms with Crippen molar-refractivity contribution in [3.63, 3.8) is 0 Å². The molecule has 0 saturated carbocycles. The normalized spacial score (nSPS) is 22.0. The minimum atomic E-state index is 0.794. The maximum atomic E-state index is 4.51. The number of nitrogens with zero attached hydrogens (tertiary/aromatic N) is 2. The molecule has 16 heavy (non-hydrogen) atoms. The Kier molecular flexibility index (Phi) is 3.99. The minimum Gasteiger partial charge on any atom is -0.316 e. The second-order valence-electron chi connectivity index (χ2n) is 4.87. The van der Waals surface area contributed by atoms with E-state index >= 15 is 0 Å². The quantitative estimate of drug-likeness (QED) is 0.845. The smallest absolute Gasteiger partial charge is 0.0624 e. The van der Waals surface area contributed by atoms with Crippen molar-refractivity contribution >= 4 is 0 Å². The van der Waals surface area contributed by atoms with Crippen LogP contribution >= 0.6 is 0 Å². The van der Waals surface area contributed by atoms with Gasteiger partial charge < -0.3 is 5.32 Å². The van der Waals surface area contributed by atoms with Gasteiger partial charge in [-0.15, -0.1) is 0 Å². The highest BCUT2D eigenvalue weighted by atomic mass is 15.3. The zero-order chi connectivity index (χ0) is 11.4. The molecule has 1 atom stereocenters. The van der Waals surface area contributed by atoms with Gasteiger partial charge in [-0.25, -0.2) is 0 Å². The number of hydrogen-bond acceptors (Lipinski definition) is 2. The number of nitrogens with one attached hydrogen (secondary N) is 1. The zero-order valence-electron chi connectivity index (χ0n) is 10.5. The molecule has 2 rings (SSSR count). The van der Waals surface area contributed by atoms with Crippen LogP contribution in [-0.4, -0.2) is 22.9 Å². The van der Waals surface area contributed by atoms with Gasteiger partial charge in [0, 0.05) is 12.7 Å². The molecule has 0 bridgehead atoms. The molecule has 3 heteroatoms. The SMILES string of the molecule is CCc1cc(CC2CCCCNC2)n(C)n1. The summed E-state index contributed by atoms with van der Waals surface area (Å²) in [5.74, 6) is 0.794. The second kappa shape index (κ2) is 5.48. The van der Waals surface area contributed by atoms with Crippen LogP contribution in [0.3, 0.4) is 0 Å². The van der Waals surface area contributed by atoms with Crippen LogP contribution in [0, 0.1) is 5.92 Å². The summed E-state index contributed by atoms with van der Waals surface area (Å²) in [7, 11) is 2.07. The van der Waals surface area contributed by atoms with E-state index < -0.39 is 0 Å². The fourth-order valence-electron chi connectivity index (χ4n) is 2.50. The monoisotopic (exact) mass is 221 g/mol. The molecule has 1 saturated heterocycles. The van der Waals surface area contributed by atoms with Gasteiger partial charge in [-0.05, 0) is 50.8 Å². The van der Waals surface area contributed by atoms with Crippen molar-refractivity contribution < 1.29 is 0 Å². The predicted octanol–water partition coefficient (Wildman–Crippen LogP) is 1.91. The summed E-state index contributed by atoms with van der Waals surface area (Å²) in [4.78, 5) is 0. The Morgan fingerprint density at radius 1 is 1.50 bits per heavy atom. The Morgan fingerprint density at radius 2 is 2.38 bits per heavy atom. The number of aryl methyl sites for hydroxylation is 2. The largest absolute Gasteiger partial charge is 0.316 e. The first-order chi connectivity index (χ1) is 7.79. The summed E-state index contributed by atoms with van der Waals surface area (Å²) >= 11 is 0. The van der Waals surface area contributed by atoms with E-state index in [-0.39, 0.29) is 0 Å². The van der Waals surface area contributed by atoms with E-state index in [0.717, 1.165) is 12.3 Å². The van der Waals surface area contributed by atoms with E-state index in [4.69, 9.17) is 0 Å². The highest BCUT2D eigenvalue weighted by molar-refractivity contribution is 5.11. The maximum Gasteiger partial charge on any atom is 0.0624 e. The van der Waals surface area contributed by atoms with Gasteiger partial charge in [-0.3, -0.25) is 4.68 Å². The lowest BCUT2D eigenvalue weighted by atomic mass is 9.98. The molecule has 1 aliphatic rings. The van der Waals surface area contributed by atoms with E-state index in [0.29, 0.717) is 0 Å². The molecule has 0 spiro atoms. The summed E-state index contributed by atoms with van der Waals surface area (Å²) in [6.45, 7) is 4.54. The fourth-order valence-corrected chi connectivity index (χ4v) is 2.50. The third-order valence-electron chi connectivity index (χ3n) is 3.54. The molecule has 3 nitrogen and oxygen atoms in total. The zero-order valence-corrected chi connectivity index (χ0v) is 10.5. The molecule has 1 aromatic heterocycles. The van der Waals surface area contributed by atoms with E-state index in [2.05, 4.69) is 35.1 Å². The number of hydrogen-bond donors (Lipinski definition) is 1. The molecule has 1 N–H and O–H groups in total. The lowest BCUT2D eigenvalue weighted by molar-refractivity contribution is 0.462. The highest BCUT2D eigenvalue weighted by Gasteiger charge is 2.14. The van der Waals surface area contributed by atoms with Crippen molar-refractivity contribution in [2.24, 2.45) is 13.0 Å². The third kappa shape index (κ3) is 2.85.